The van der Waals surface area contributed by atoms with Gasteiger partial charge in [-0.2, -0.15) is 0 Å². The maximum Gasteiger partial charge on any atom is 0.273 e. The lowest BCUT2D eigenvalue weighted by Gasteiger charge is -2.08. The molecule has 88 valence electrons. The summed E-state index contributed by atoms with van der Waals surface area (Å²) in [6, 6.07) is 5.20. The number of aromatic nitrogens is 2. The molecular weight excluding hydrogens is 284 g/mol. The van der Waals surface area contributed by atoms with E-state index in [1.54, 1.807) is 36.1 Å². The van der Waals surface area contributed by atoms with E-state index in [4.69, 9.17) is 5.73 Å². The fourth-order valence-electron chi connectivity index (χ4n) is 1.40. The molecule has 0 spiro atoms. The van der Waals surface area contributed by atoms with Gasteiger partial charge in [-0.05, 0) is 34.1 Å². The Morgan fingerprint density at radius 2 is 2.29 bits per heavy atom. The molecule has 0 saturated heterocycles. The van der Waals surface area contributed by atoms with Gasteiger partial charge in [-0.25, -0.2) is 4.98 Å². The predicted octanol–water partition coefficient (Wildman–Crippen LogP) is 2.02. The van der Waals surface area contributed by atoms with E-state index in [1.165, 1.54) is 6.20 Å². The molecule has 0 aliphatic carbocycles. The molecule has 0 aliphatic heterocycles. The zero-order valence-electron chi connectivity index (χ0n) is 9.14. The number of rotatable bonds is 2. The Morgan fingerprint density at radius 3 is 2.88 bits per heavy atom. The van der Waals surface area contributed by atoms with Gasteiger partial charge in [-0.1, -0.05) is 0 Å². The number of anilines is 2. The van der Waals surface area contributed by atoms with Gasteiger partial charge < -0.3 is 15.6 Å². The first kappa shape index (κ1) is 11.7. The second-order valence-corrected chi connectivity index (χ2v) is 4.44. The van der Waals surface area contributed by atoms with E-state index >= 15 is 0 Å². The van der Waals surface area contributed by atoms with E-state index in [0.717, 1.165) is 4.47 Å². The fraction of sp³-hybridized carbons (Fsp3) is 0.0909. The third-order valence-electron chi connectivity index (χ3n) is 2.29. The summed E-state index contributed by atoms with van der Waals surface area (Å²) in [6.07, 6.45) is 3.09. The van der Waals surface area contributed by atoms with Crippen molar-refractivity contribution in [3.63, 3.8) is 0 Å². The predicted molar refractivity (Wildman–Crippen MR) is 69.7 cm³/mol. The Morgan fingerprint density at radius 1 is 1.53 bits per heavy atom. The molecule has 0 unspecified atom stereocenters. The number of benzene rings is 1. The van der Waals surface area contributed by atoms with Crippen molar-refractivity contribution in [2.45, 2.75) is 0 Å². The molecular formula is C11H11BrN4O. The Hall–Kier alpha value is -1.82. The van der Waals surface area contributed by atoms with E-state index in [2.05, 4.69) is 26.2 Å². The molecule has 1 aromatic carbocycles. The lowest BCUT2D eigenvalue weighted by atomic mass is 10.3. The SMILES string of the molecule is Cn1cncc1C(=O)Nc1ccc(N)cc1Br. The monoisotopic (exact) mass is 294 g/mol. The molecule has 5 nitrogen and oxygen atoms in total. The van der Waals surface area contributed by atoms with Crippen LogP contribution in [0.5, 0.6) is 0 Å². The highest BCUT2D eigenvalue weighted by Crippen LogP contribution is 2.24. The van der Waals surface area contributed by atoms with Crippen LogP contribution in [0.1, 0.15) is 10.5 Å². The minimum Gasteiger partial charge on any atom is -0.399 e. The second-order valence-electron chi connectivity index (χ2n) is 3.58. The largest absolute Gasteiger partial charge is 0.399 e. The molecule has 0 aliphatic rings. The summed E-state index contributed by atoms with van der Waals surface area (Å²) in [7, 11) is 1.76. The molecule has 1 amide bonds. The summed E-state index contributed by atoms with van der Waals surface area (Å²) in [4.78, 5) is 15.8. The van der Waals surface area contributed by atoms with Crippen LogP contribution in [-0.4, -0.2) is 15.5 Å². The highest BCUT2D eigenvalue weighted by atomic mass is 79.9. The Kier molecular flexibility index (Phi) is 3.14. The van der Waals surface area contributed by atoms with Crippen molar-refractivity contribution in [3.05, 3.63) is 40.9 Å². The number of hydrogen-bond donors (Lipinski definition) is 2. The summed E-state index contributed by atoms with van der Waals surface area (Å²) >= 11 is 3.34. The van der Waals surface area contributed by atoms with Crippen LogP contribution < -0.4 is 11.1 Å². The number of hydrogen-bond acceptors (Lipinski definition) is 3. The van der Waals surface area contributed by atoms with Gasteiger partial charge in [0.15, 0.2) is 0 Å². The lowest BCUT2D eigenvalue weighted by Crippen LogP contribution is -2.15. The van der Waals surface area contributed by atoms with Crippen molar-refractivity contribution in [2.75, 3.05) is 11.1 Å². The van der Waals surface area contributed by atoms with Gasteiger partial charge in [0.05, 0.1) is 18.2 Å². The fourth-order valence-corrected chi connectivity index (χ4v) is 1.89. The Labute approximate surface area is 107 Å². The van der Waals surface area contributed by atoms with E-state index in [-0.39, 0.29) is 5.91 Å². The molecule has 17 heavy (non-hydrogen) atoms. The van der Waals surface area contributed by atoms with Gasteiger partial charge >= 0.3 is 0 Å². The molecule has 2 rings (SSSR count). The molecule has 3 N–H and O–H groups in total. The first-order chi connectivity index (χ1) is 8.08. The number of nitrogen functional groups attached to an aromatic ring is 1. The van der Waals surface area contributed by atoms with Gasteiger partial charge in [0, 0.05) is 17.2 Å². The van der Waals surface area contributed by atoms with Crippen molar-refractivity contribution in [3.8, 4) is 0 Å². The molecule has 1 aromatic heterocycles. The Bertz CT molecular complexity index is 564. The number of aryl methyl sites for hydroxylation is 1. The number of nitrogens with zero attached hydrogens (tertiary/aromatic N) is 2. The molecule has 0 saturated carbocycles. The van der Waals surface area contributed by atoms with Crippen LogP contribution in [0.25, 0.3) is 0 Å². The van der Waals surface area contributed by atoms with Crippen molar-refractivity contribution in [1.29, 1.82) is 0 Å². The summed E-state index contributed by atoms with van der Waals surface area (Å²) in [6.45, 7) is 0. The average Bonchev–Trinajstić information content (AvgIpc) is 2.68. The van der Waals surface area contributed by atoms with Gasteiger partial charge in [0.2, 0.25) is 0 Å². The zero-order valence-corrected chi connectivity index (χ0v) is 10.7. The van der Waals surface area contributed by atoms with Gasteiger partial charge in [-0.15, -0.1) is 0 Å². The van der Waals surface area contributed by atoms with Crippen molar-refractivity contribution in [2.24, 2.45) is 7.05 Å². The summed E-state index contributed by atoms with van der Waals surface area (Å²) in [5.74, 6) is -0.213. The van der Waals surface area contributed by atoms with Crippen LogP contribution >= 0.6 is 15.9 Å². The van der Waals surface area contributed by atoms with Crippen molar-refractivity contribution >= 4 is 33.2 Å². The van der Waals surface area contributed by atoms with Crippen LogP contribution in [0.2, 0.25) is 0 Å². The standard InChI is InChI=1S/C11H11BrN4O/c1-16-6-14-5-10(16)11(17)15-9-3-2-7(13)4-8(9)12/h2-6H,13H2,1H3,(H,15,17). The highest BCUT2D eigenvalue weighted by Gasteiger charge is 2.11. The first-order valence-corrected chi connectivity index (χ1v) is 5.70. The van der Waals surface area contributed by atoms with Gasteiger partial charge in [0.1, 0.15) is 5.69 Å². The number of amides is 1. The van der Waals surface area contributed by atoms with Gasteiger partial charge in [0.25, 0.3) is 5.91 Å². The molecule has 2 aromatic rings. The number of carbonyl (C=O) groups excluding carboxylic acids is 1. The number of nitrogens with two attached hydrogens (primary N) is 1. The molecule has 1 heterocycles. The lowest BCUT2D eigenvalue weighted by molar-refractivity contribution is 0.101. The van der Waals surface area contributed by atoms with E-state index in [0.29, 0.717) is 17.1 Å². The van der Waals surface area contributed by atoms with Crippen LogP contribution in [-0.2, 0) is 7.05 Å². The van der Waals surface area contributed by atoms with Gasteiger partial charge in [-0.3, -0.25) is 4.79 Å². The number of imidazole rings is 1. The minimum absolute atomic E-state index is 0.213. The molecule has 6 heteroatoms. The number of halogens is 1. The molecule has 0 radical (unpaired) electrons. The second kappa shape index (κ2) is 4.58. The average molecular weight is 295 g/mol. The van der Waals surface area contributed by atoms with E-state index in [9.17, 15) is 4.79 Å². The number of carbonyl (C=O) groups is 1. The molecule has 0 bridgehead atoms. The smallest absolute Gasteiger partial charge is 0.273 e. The third-order valence-corrected chi connectivity index (χ3v) is 2.95. The van der Waals surface area contributed by atoms with Crippen LogP contribution in [0, 0.1) is 0 Å². The van der Waals surface area contributed by atoms with Crippen LogP contribution in [0.4, 0.5) is 11.4 Å². The zero-order chi connectivity index (χ0) is 12.4. The minimum atomic E-state index is -0.213. The third kappa shape index (κ3) is 2.47. The highest BCUT2D eigenvalue weighted by molar-refractivity contribution is 9.10. The Balaban J connectivity index is 2.22. The number of nitrogens with one attached hydrogen (secondary N) is 1. The summed E-state index contributed by atoms with van der Waals surface area (Å²) < 4.78 is 2.40. The topological polar surface area (TPSA) is 72.9 Å². The molecule has 0 atom stereocenters. The van der Waals surface area contributed by atoms with Crippen molar-refractivity contribution in [1.82, 2.24) is 9.55 Å². The quantitative estimate of drug-likeness (QED) is 0.832. The van der Waals surface area contributed by atoms with Crippen LogP contribution in [0.15, 0.2) is 35.2 Å². The van der Waals surface area contributed by atoms with E-state index < -0.39 is 0 Å². The van der Waals surface area contributed by atoms with Crippen molar-refractivity contribution < 1.29 is 4.79 Å². The summed E-state index contributed by atoms with van der Waals surface area (Å²) in [5.41, 5.74) is 7.42. The molecule has 0 fully saturated rings. The summed E-state index contributed by atoms with van der Waals surface area (Å²) in [5, 5.41) is 2.78. The van der Waals surface area contributed by atoms with E-state index in [1.807, 2.05) is 0 Å². The first-order valence-electron chi connectivity index (χ1n) is 4.90. The maximum absolute atomic E-state index is 11.9. The maximum atomic E-state index is 11.9. The normalized spacial score (nSPS) is 10.2. The van der Waals surface area contributed by atoms with Crippen LogP contribution in [0.3, 0.4) is 0 Å².